The summed E-state index contributed by atoms with van der Waals surface area (Å²) in [5, 5.41) is 3.13. The Balaban J connectivity index is 1.76. The van der Waals surface area contributed by atoms with Gasteiger partial charge in [-0.15, -0.1) is 0 Å². The fraction of sp³-hybridized carbons (Fsp3) is 0.316. The predicted molar refractivity (Wildman–Crippen MR) is 99.0 cm³/mol. The molecule has 3 rings (SSSR count). The molecule has 6 heteroatoms. The number of carbonyl (C=O) groups is 1. The molecular weight excluding hydrogens is 336 g/mol. The highest BCUT2D eigenvalue weighted by Crippen LogP contribution is 2.34. The van der Waals surface area contributed by atoms with Crippen LogP contribution < -0.4 is 10.0 Å². The lowest BCUT2D eigenvalue weighted by molar-refractivity contribution is 0.0919. The molecule has 2 aromatic rings. The Bertz CT molecular complexity index is 876. The van der Waals surface area contributed by atoms with Crippen molar-refractivity contribution < 1.29 is 13.2 Å². The molecule has 0 aromatic heterocycles. The maximum Gasteiger partial charge on any atom is 0.251 e. The van der Waals surface area contributed by atoms with Gasteiger partial charge in [0, 0.05) is 11.3 Å². The number of sulfonamides is 1. The molecule has 2 unspecified atom stereocenters. The number of carbonyl (C=O) groups excluding carboxylic acids is 1. The molecule has 2 atom stereocenters. The summed E-state index contributed by atoms with van der Waals surface area (Å²) in [4.78, 5) is 12.6. The van der Waals surface area contributed by atoms with Crippen LogP contribution in [0.1, 0.15) is 40.9 Å². The second-order valence-electron chi connectivity index (χ2n) is 6.62. The molecular formula is C19H22N2O3S. The highest BCUT2D eigenvalue weighted by molar-refractivity contribution is 7.92. The van der Waals surface area contributed by atoms with Gasteiger partial charge < -0.3 is 5.32 Å². The first kappa shape index (κ1) is 17.5. The first-order valence-electron chi connectivity index (χ1n) is 8.30. The van der Waals surface area contributed by atoms with Crippen molar-refractivity contribution in [1.82, 2.24) is 5.32 Å². The maximum atomic E-state index is 12.6. The second kappa shape index (κ2) is 6.88. The van der Waals surface area contributed by atoms with Crippen LogP contribution in [0, 0.1) is 5.92 Å². The van der Waals surface area contributed by atoms with Crippen molar-refractivity contribution in [3.05, 3.63) is 65.2 Å². The van der Waals surface area contributed by atoms with Crippen molar-refractivity contribution in [3.63, 3.8) is 0 Å². The number of amides is 1. The summed E-state index contributed by atoms with van der Waals surface area (Å²) in [6, 6.07) is 14.7. The Morgan fingerprint density at radius 3 is 2.44 bits per heavy atom. The monoisotopic (exact) mass is 358 g/mol. The zero-order valence-electron chi connectivity index (χ0n) is 14.3. The lowest BCUT2D eigenvalue weighted by Crippen LogP contribution is -2.35. The number of fused-ring (bicyclic) bond motifs is 1. The molecule has 2 N–H and O–H groups in total. The standard InChI is InChI=1S/C19H22N2O3S/c1-13-7-8-14-5-3-4-6-17(14)18(13)20-19(22)15-9-11-16(12-10-15)21-25(2,23)24/h3-6,9-13,18,21H,7-8H2,1-2H3,(H,20,22). The van der Waals surface area contributed by atoms with E-state index in [2.05, 4.69) is 29.1 Å². The van der Waals surface area contributed by atoms with Gasteiger partial charge in [-0.25, -0.2) is 8.42 Å². The summed E-state index contributed by atoms with van der Waals surface area (Å²) < 4.78 is 24.9. The quantitative estimate of drug-likeness (QED) is 0.882. The van der Waals surface area contributed by atoms with Gasteiger partial charge in [-0.1, -0.05) is 31.2 Å². The lowest BCUT2D eigenvalue weighted by atomic mass is 9.80. The summed E-state index contributed by atoms with van der Waals surface area (Å²) in [6.45, 7) is 2.15. The van der Waals surface area contributed by atoms with Gasteiger partial charge in [0.2, 0.25) is 10.0 Å². The molecule has 1 amide bonds. The van der Waals surface area contributed by atoms with E-state index in [0.29, 0.717) is 17.2 Å². The molecule has 0 bridgehead atoms. The zero-order valence-corrected chi connectivity index (χ0v) is 15.1. The molecule has 1 aliphatic carbocycles. The molecule has 0 heterocycles. The van der Waals surface area contributed by atoms with E-state index in [1.165, 1.54) is 11.1 Å². The average Bonchev–Trinajstić information content (AvgIpc) is 2.56. The number of nitrogens with one attached hydrogen (secondary N) is 2. The highest BCUT2D eigenvalue weighted by Gasteiger charge is 2.27. The second-order valence-corrected chi connectivity index (χ2v) is 8.37. The van der Waals surface area contributed by atoms with Crippen LogP contribution in [0.5, 0.6) is 0 Å². The summed E-state index contributed by atoms with van der Waals surface area (Å²) in [7, 11) is -3.32. The van der Waals surface area contributed by atoms with E-state index in [1.54, 1.807) is 24.3 Å². The van der Waals surface area contributed by atoms with Crippen molar-refractivity contribution in [1.29, 1.82) is 0 Å². The van der Waals surface area contributed by atoms with E-state index in [1.807, 2.05) is 12.1 Å². The summed E-state index contributed by atoms with van der Waals surface area (Å²) in [5.41, 5.74) is 3.42. The number of benzene rings is 2. The molecule has 5 nitrogen and oxygen atoms in total. The van der Waals surface area contributed by atoms with Crippen molar-refractivity contribution in [3.8, 4) is 0 Å². The highest BCUT2D eigenvalue weighted by atomic mass is 32.2. The van der Waals surface area contributed by atoms with Crippen LogP contribution in [0.2, 0.25) is 0 Å². The molecule has 0 saturated heterocycles. The Morgan fingerprint density at radius 2 is 1.76 bits per heavy atom. The van der Waals surface area contributed by atoms with Crippen LogP contribution >= 0.6 is 0 Å². The lowest BCUT2D eigenvalue weighted by Gasteiger charge is -2.32. The Kier molecular flexibility index (Phi) is 4.81. The largest absolute Gasteiger partial charge is 0.345 e. The Labute approximate surface area is 148 Å². The van der Waals surface area contributed by atoms with E-state index < -0.39 is 10.0 Å². The van der Waals surface area contributed by atoms with Gasteiger partial charge in [-0.2, -0.15) is 0 Å². The fourth-order valence-electron chi connectivity index (χ4n) is 3.27. The third-order valence-electron chi connectivity index (χ3n) is 4.57. The van der Waals surface area contributed by atoms with Crippen molar-refractivity contribution >= 4 is 21.6 Å². The number of hydrogen-bond acceptors (Lipinski definition) is 3. The third kappa shape index (κ3) is 4.20. The fourth-order valence-corrected chi connectivity index (χ4v) is 3.83. The molecule has 0 aliphatic heterocycles. The van der Waals surface area contributed by atoms with E-state index in [4.69, 9.17) is 0 Å². The molecule has 1 aliphatic rings. The van der Waals surface area contributed by atoms with Gasteiger partial charge in [0.1, 0.15) is 0 Å². The Hall–Kier alpha value is -2.34. The molecule has 132 valence electrons. The third-order valence-corrected chi connectivity index (χ3v) is 5.17. The first-order chi connectivity index (χ1) is 11.8. The summed E-state index contributed by atoms with van der Waals surface area (Å²) >= 11 is 0. The number of hydrogen-bond donors (Lipinski definition) is 2. The summed E-state index contributed by atoms with van der Waals surface area (Å²) in [6.07, 6.45) is 3.17. The topological polar surface area (TPSA) is 75.3 Å². The molecule has 0 fully saturated rings. The van der Waals surface area contributed by atoms with E-state index in [9.17, 15) is 13.2 Å². The van der Waals surface area contributed by atoms with Crippen LogP contribution in [0.25, 0.3) is 0 Å². The predicted octanol–water partition coefficient (Wildman–Crippen LogP) is 3.11. The Morgan fingerprint density at radius 1 is 1.08 bits per heavy atom. The molecule has 0 spiro atoms. The normalized spacial score (nSPS) is 19.8. The van der Waals surface area contributed by atoms with Gasteiger partial charge in [0.25, 0.3) is 5.91 Å². The minimum Gasteiger partial charge on any atom is -0.345 e. The van der Waals surface area contributed by atoms with Crippen LogP contribution in [0.15, 0.2) is 48.5 Å². The van der Waals surface area contributed by atoms with Crippen LogP contribution in [-0.2, 0) is 16.4 Å². The van der Waals surface area contributed by atoms with Crippen molar-refractivity contribution in [2.45, 2.75) is 25.8 Å². The van der Waals surface area contributed by atoms with Gasteiger partial charge in [-0.3, -0.25) is 9.52 Å². The minimum atomic E-state index is -3.32. The number of rotatable bonds is 4. The van der Waals surface area contributed by atoms with E-state index in [0.717, 1.165) is 19.1 Å². The smallest absolute Gasteiger partial charge is 0.251 e. The molecule has 25 heavy (non-hydrogen) atoms. The summed E-state index contributed by atoms with van der Waals surface area (Å²) in [5.74, 6) is 0.212. The van der Waals surface area contributed by atoms with Gasteiger partial charge in [-0.05, 0) is 54.2 Å². The zero-order chi connectivity index (χ0) is 18.0. The SMILES string of the molecule is CC1CCc2ccccc2C1NC(=O)c1ccc(NS(C)(=O)=O)cc1. The van der Waals surface area contributed by atoms with Gasteiger partial charge in [0.05, 0.1) is 12.3 Å². The molecule has 2 aromatic carbocycles. The minimum absolute atomic E-state index is 0.00808. The van der Waals surface area contributed by atoms with Gasteiger partial charge >= 0.3 is 0 Å². The maximum absolute atomic E-state index is 12.6. The molecule has 0 radical (unpaired) electrons. The van der Waals surface area contributed by atoms with Crippen LogP contribution in [-0.4, -0.2) is 20.6 Å². The van der Waals surface area contributed by atoms with Crippen LogP contribution in [0.4, 0.5) is 5.69 Å². The van der Waals surface area contributed by atoms with Crippen molar-refractivity contribution in [2.24, 2.45) is 5.92 Å². The van der Waals surface area contributed by atoms with Gasteiger partial charge in [0.15, 0.2) is 0 Å². The molecule has 0 saturated carbocycles. The van der Waals surface area contributed by atoms with E-state index >= 15 is 0 Å². The van der Waals surface area contributed by atoms with Crippen LogP contribution in [0.3, 0.4) is 0 Å². The number of aryl methyl sites for hydroxylation is 1. The van der Waals surface area contributed by atoms with Crippen molar-refractivity contribution in [2.75, 3.05) is 11.0 Å². The average molecular weight is 358 g/mol. The van der Waals surface area contributed by atoms with E-state index in [-0.39, 0.29) is 11.9 Å². The number of anilines is 1. The first-order valence-corrected chi connectivity index (χ1v) is 10.2.